The highest BCUT2D eigenvalue weighted by Gasteiger charge is 2.29. The van der Waals surface area contributed by atoms with Crippen molar-refractivity contribution in [2.24, 2.45) is 7.05 Å². The van der Waals surface area contributed by atoms with Crippen LogP contribution < -0.4 is 4.74 Å². The molecule has 1 aliphatic carbocycles. The average Bonchev–Trinajstić information content (AvgIpc) is 3.45. The molecule has 1 aliphatic rings. The zero-order chi connectivity index (χ0) is 24.5. The van der Waals surface area contributed by atoms with E-state index in [9.17, 15) is 14.9 Å². The number of nitrogens with zero attached hydrogens (tertiary/aromatic N) is 3. The molecule has 0 atom stereocenters. The molecule has 0 bridgehead atoms. The number of nitro groups is 1. The number of nitro benzene ring substituents is 1. The van der Waals surface area contributed by atoms with Crippen molar-refractivity contribution < 1.29 is 19.2 Å². The third kappa shape index (κ3) is 4.47. The van der Waals surface area contributed by atoms with Crippen LogP contribution in [0.3, 0.4) is 0 Å². The van der Waals surface area contributed by atoms with Gasteiger partial charge in [0.15, 0.2) is 0 Å². The van der Waals surface area contributed by atoms with Crippen LogP contribution in [-0.4, -0.2) is 33.9 Å². The number of carbonyl (C=O) groups is 1. The topological polar surface area (TPSA) is 96.5 Å². The number of fused-ring (bicyclic) bond motifs is 2. The van der Waals surface area contributed by atoms with Crippen molar-refractivity contribution in [1.29, 1.82) is 0 Å². The first-order valence-corrected chi connectivity index (χ1v) is 11.5. The molecule has 0 unspecified atom stereocenters. The molecule has 0 fully saturated rings. The van der Waals surface area contributed by atoms with E-state index in [-0.39, 0.29) is 29.9 Å². The monoisotopic (exact) mass is 471 g/mol. The van der Waals surface area contributed by atoms with Gasteiger partial charge in [0, 0.05) is 43.3 Å². The van der Waals surface area contributed by atoms with Crippen molar-refractivity contribution in [1.82, 2.24) is 9.78 Å². The van der Waals surface area contributed by atoms with Crippen molar-refractivity contribution in [3.05, 3.63) is 87.6 Å². The van der Waals surface area contributed by atoms with Gasteiger partial charge in [-0.1, -0.05) is 30.3 Å². The highest BCUT2D eigenvalue weighted by Crippen LogP contribution is 2.42. The Labute approximate surface area is 202 Å². The second kappa shape index (κ2) is 9.21. The maximum Gasteiger partial charge on any atom is 0.311 e. The zero-order valence-corrected chi connectivity index (χ0v) is 19.6. The van der Waals surface area contributed by atoms with E-state index < -0.39 is 4.92 Å². The molecule has 178 valence electrons. The summed E-state index contributed by atoms with van der Waals surface area (Å²) in [5.41, 5.74) is 5.34. The van der Waals surface area contributed by atoms with Crippen molar-refractivity contribution in [3.63, 3.8) is 0 Å². The molecule has 0 N–H and O–H groups in total. The van der Waals surface area contributed by atoms with Gasteiger partial charge in [0.2, 0.25) is 5.75 Å². The molecule has 8 heteroatoms. The van der Waals surface area contributed by atoms with Crippen LogP contribution in [0.4, 0.5) is 5.69 Å². The van der Waals surface area contributed by atoms with Crippen LogP contribution in [0.25, 0.3) is 22.0 Å². The Morgan fingerprint density at radius 2 is 1.89 bits per heavy atom. The first-order valence-electron chi connectivity index (χ1n) is 11.5. The minimum Gasteiger partial charge on any atom is -0.482 e. The van der Waals surface area contributed by atoms with Crippen molar-refractivity contribution in [2.75, 3.05) is 7.11 Å². The smallest absolute Gasteiger partial charge is 0.311 e. The quantitative estimate of drug-likeness (QED) is 0.218. The Bertz CT molecular complexity index is 1420. The van der Waals surface area contributed by atoms with Crippen LogP contribution >= 0.6 is 0 Å². The summed E-state index contributed by atoms with van der Waals surface area (Å²) in [6.07, 6.45) is 3.41. The van der Waals surface area contributed by atoms with Crippen molar-refractivity contribution in [3.8, 4) is 16.9 Å². The Hall–Kier alpha value is -4.20. The molecule has 0 saturated carbocycles. The fourth-order valence-corrected chi connectivity index (χ4v) is 4.74. The number of aromatic nitrogens is 2. The van der Waals surface area contributed by atoms with Crippen LogP contribution in [0.1, 0.15) is 23.1 Å². The Morgan fingerprint density at radius 3 is 2.57 bits per heavy atom. The summed E-state index contributed by atoms with van der Waals surface area (Å²) in [6, 6.07) is 17.3. The standard InChI is InChI=1S/C27H25N3O5/c1-29-24-9-8-20(13-21(24)16-28-29)23-11-17(7-10-26(31)34-2)12-25(30(32)33)27(23)35-22-14-18-5-3-4-6-19(18)15-22/h3-6,8-9,11-13,16,22H,7,10,14-15H2,1-2H3. The maximum atomic E-state index is 12.2. The first-order chi connectivity index (χ1) is 16.9. The second-order valence-corrected chi connectivity index (χ2v) is 8.78. The molecule has 1 aromatic heterocycles. The molecule has 1 heterocycles. The number of benzene rings is 3. The Morgan fingerprint density at radius 1 is 1.14 bits per heavy atom. The lowest BCUT2D eigenvalue weighted by molar-refractivity contribution is -0.386. The van der Waals surface area contributed by atoms with E-state index in [1.165, 1.54) is 24.3 Å². The predicted molar refractivity (Wildman–Crippen MR) is 131 cm³/mol. The number of aryl methyl sites for hydroxylation is 2. The molecule has 0 amide bonds. The minimum atomic E-state index is -0.412. The largest absolute Gasteiger partial charge is 0.482 e. The predicted octanol–water partition coefficient (Wildman–Crippen LogP) is 4.80. The molecule has 0 saturated heterocycles. The summed E-state index contributed by atoms with van der Waals surface area (Å²) in [5.74, 6) is -0.118. The number of hydrogen-bond acceptors (Lipinski definition) is 6. The van der Waals surface area contributed by atoms with E-state index in [0.717, 1.165) is 16.5 Å². The number of carbonyl (C=O) groups excluding carboxylic acids is 1. The minimum absolute atomic E-state index is 0.107. The van der Waals surface area contributed by atoms with Gasteiger partial charge in [-0.05, 0) is 46.9 Å². The van der Waals surface area contributed by atoms with Gasteiger partial charge < -0.3 is 9.47 Å². The Balaban J connectivity index is 1.59. The lowest BCUT2D eigenvalue weighted by Gasteiger charge is -2.18. The summed E-state index contributed by atoms with van der Waals surface area (Å²) < 4.78 is 12.9. The van der Waals surface area contributed by atoms with Crippen molar-refractivity contribution >= 4 is 22.6 Å². The number of hydrogen-bond donors (Lipinski definition) is 0. The number of ether oxygens (including phenoxy) is 2. The highest BCUT2D eigenvalue weighted by atomic mass is 16.6. The van der Waals surface area contributed by atoms with Gasteiger partial charge in [-0.15, -0.1) is 0 Å². The first kappa shape index (κ1) is 22.6. The number of esters is 1. The summed E-state index contributed by atoms with van der Waals surface area (Å²) >= 11 is 0. The summed E-state index contributed by atoms with van der Waals surface area (Å²) in [5, 5.41) is 17.4. The van der Waals surface area contributed by atoms with Crippen LogP contribution in [0.15, 0.2) is 60.8 Å². The number of methoxy groups -OCH3 is 1. The van der Waals surface area contributed by atoms with E-state index in [4.69, 9.17) is 9.47 Å². The van der Waals surface area contributed by atoms with Gasteiger partial charge in [0.05, 0.1) is 23.7 Å². The molecular weight excluding hydrogens is 446 g/mol. The fraction of sp³-hybridized carbons (Fsp3) is 0.259. The van der Waals surface area contributed by atoms with Crippen LogP contribution in [0.2, 0.25) is 0 Å². The van der Waals surface area contributed by atoms with Gasteiger partial charge in [0.25, 0.3) is 0 Å². The van der Waals surface area contributed by atoms with Crippen molar-refractivity contribution in [2.45, 2.75) is 31.8 Å². The Kier molecular flexibility index (Phi) is 5.94. The summed E-state index contributed by atoms with van der Waals surface area (Å²) in [7, 11) is 3.20. The normalized spacial score (nSPS) is 13.1. The van der Waals surface area contributed by atoms with Gasteiger partial charge in [-0.3, -0.25) is 19.6 Å². The fourth-order valence-electron chi connectivity index (χ4n) is 4.74. The molecule has 5 rings (SSSR count). The molecule has 4 aromatic rings. The third-order valence-electron chi connectivity index (χ3n) is 6.53. The van der Waals surface area contributed by atoms with Gasteiger partial charge in [-0.25, -0.2) is 0 Å². The van der Waals surface area contributed by atoms with E-state index in [2.05, 4.69) is 17.2 Å². The molecule has 35 heavy (non-hydrogen) atoms. The molecular formula is C27H25N3O5. The average molecular weight is 472 g/mol. The zero-order valence-electron chi connectivity index (χ0n) is 19.6. The van der Waals surface area contributed by atoms with Gasteiger partial charge in [0.1, 0.15) is 6.10 Å². The molecule has 0 spiro atoms. The van der Waals surface area contributed by atoms with Crippen LogP contribution in [0.5, 0.6) is 5.75 Å². The van der Waals surface area contributed by atoms with Gasteiger partial charge in [-0.2, -0.15) is 5.10 Å². The molecule has 0 aliphatic heterocycles. The maximum absolute atomic E-state index is 12.2. The second-order valence-electron chi connectivity index (χ2n) is 8.78. The SMILES string of the molecule is COC(=O)CCc1cc(-c2ccc3c(cnn3C)c2)c(OC2Cc3ccccc3C2)c([N+](=O)[O-])c1. The summed E-state index contributed by atoms with van der Waals surface area (Å²) in [6.45, 7) is 0. The lowest BCUT2D eigenvalue weighted by atomic mass is 9.97. The van der Waals surface area contributed by atoms with Crippen LogP contribution in [0, 0.1) is 10.1 Å². The van der Waals surface area contributed by atoms with Gasteiger partial charge >= 0.3 is 11.7 Å². The number of rotatable bonds is 7. The third-order valence-corrected chi connectivity index (χ3v) is 6.53. The van der Waals surface area contributed by atoms with Crippen LogP contribution in [-0.2, 0) is 35.8 Å². The lowest BCUT2D eigenvalue weighted by Crippen LogP contribution is -2.18. The summed E-state index contributed by atoms with van der Waals surface area (Å²) in [4.78, 5) is 23.5. The molecule has 3 aromatic carbocycles. The van der Waals surface area contributed by atoms with E-state index in [0.29, 0.717) is 30.4 Å². The molecule has 0 radical (unpaired) electrons. The van der Waals surface area contributed by atoms with E-state index in [1.54, 1.807) is 10.9 Å². The molecule has 8 nitrogen and oxygen atoms in total. The van der Waals surface area contributed by atoms with E-state index >= 15 is 0 Å². The highest BCUT2D eigenvalue weighted by molar-refractivity contribution is 5.87. The van der Waals surface area contributed by atoms with E-state index in [1.807, 2.05) is 43.4 Å².